The van der Waals surface area contributed by atoms with Crippen molar-refractivity contribution in [2.24, 2.45) is 7.05 Å². The number of carbonyl (C=O) groups is 1. The molecule has 8 nitrogen and oxygen atoms in total. The number of fused-ring (bicyclic) bond motifs is 1. The van der Waals surface area contributed by atoms with Gasteiger partial charge in [0.15, 0.2) is 5.65 Å². The second-order valence-corrected chi connectivity index (χ2v) is 5.74. The lowest BCUT2D eigenvalue weighted by molar-refractivity contribution is -0.131. The van der Waals surface area contributed by atoms with Crippen molar-refractivity contribution >= 4 is 16.9 Å². The summed E-state index contributed by atoms with van der Waals surface area (Å²) in [6, 6.07) is 7.51. The zero-order chi connectivity index (χ0) is 18.0. The maximum atomic E-state index is 12.5. The molecule has 1 aromatic carbocycles. The number of likely N-dealkylation sites (N-methyl/N-ethyl adjacent to an activating group) is 1. The highest BCUT2D eigenvalue weighted by Gasteiger charge is 2.15. The van der Waals surface area contributed by atoms with Crippen molar-refractivity contribution in [2.75, 3.05) is 14.2 Å². The van der Waals surface area contributed by atoms with Crippen LogP contribution in [-0.2, 0) is 24.9 Å². The summed E-state index contributed by atoms with van der Waals surface area (Å²) < 4.78 is 8.12. The van der Waals surface area contributed by atoms with E-state index in [1.165, 1.54) is 21.8 Å². The molecule has 0 unspecified atom stereocenters. The van der Waals surface area contributed by atoms with Gasteiger partial charge < -0.3 is 9.64 Å². The summed E-state index contributed by atoms with van der Waals surface area (Å²) in [5.74, 6) is 0.524. The van der Waals surface area contributed by atoms with Gasteiger partial charge in [-0.2, -0.15) is 5.10 Å². The van der Waals surface area contributed by atoms with E-state index in [2.05, 4.69) is 10.1 Å². The number of nitrogens with zero attached hydrogens (tertiary/aromatic N) is 5. The number of ether oxygens (including phenoxy) is 1. The van der Waals surface area contributed by atoms with Crippen molar-refractivity contribution in [3.63, 3.8) is 0 Å². The topological polar surface area (TPSA) is 82.2 Å². The first-order valence-corrected chi connectivity index (χ1v) is 7.74. The fourth-order valence-electron chi connectivity index (χ4n) is 2.62. The van der Waals surface area contributed by atoms with Crippen molar-refractivity contribution in [1.82, 2.24) is 24.2 Å². The standard InChI is InChI=1S/C17H19N5O3/c1-20(9-12-6-4-5-7-14(12)25-3)15(23)10-22-11-18-16-13(17(22)24)8-19-21(16)2/h4-8,11H,9-10H2,1-3H3. The summed E-state index contributed by atoms with van der Waals surface area (Å²) in [5.41, 5.74) is 1.11. The molecular weight excluding hydrogens is 322 g/mol. The van der Waals surface area contributed by atoms with E-state index >= 15 is 0 Å². The third-order valence-electron chi connectivity index (χ3n) is 4.05. The molecule has 8 heteroatoms. The van der Waals surface area contributed by atoms with Crippen molar-refractivity contribution in [2.45, 2.75) is 13.1 Å². The molecule has 0 bridgehead atoms. The van der Waals surface area contributed by atoms with Gasteiger partial charge in [-0.25, -0.2) is 4.98 Å². The van der Waals surface area contributed by atoms with Gasteiger partial charge >= 0.3 is 0 Å². The number of hydrogen-bond acceptors (Lipinski definition) is 5. The minimum atomic E-state index is -0.280. The summed E-state index contributed by atoms with van der Waals surface area (Å²) in [6.07, 6.45) is 2.84. The number of hydrogen-bond donors (Lipinski definition) is 0. The number of para-hydroxylation sites is 1. The molecular formula is C17H19N5O3. The molecule has 2 aromatic heterocycles. The van der Waals surface area contributed by atoms with E-state index < -0.39 is 0 Å². The van der Waals surface area contributed by atoms with Crippen LogP contribution in [0.3, 0.4) is 0 Å². The Hall–Kier alpha value is -3.16. The minimum Gasteiger partial charge on any atom is -0.496 e. The molecule has 25 heavy (non-hydrogen) atoms. The van der Waals surface area contributed by atoms with Crippen LogP contribution in [0.25, 0.3) is 11.0 Å². The van der Waals surface area contributed by atoms with Gasteiger partial charge in [-0.05, 0) is 6.07 Å². The second-order valence-electron chi connectivity index (χ2n) is 5.74. The van der Waals surface area contributed by atoms with Gasteiger partial charge in [0.1, 0.15) is 24.0 Å². The van der Waals surface area contributed by atoms with Crippen molar-refractivity contribution in [3.8, 4) is 5.75 Å². The van der Waals surface area contributed by atoms with E-state index in [-0.39, 0.29) is 18.0 Å². The number of benzene rings is 1. The number of amides is 1. The Kier molecular flexibility index (Phi) is 4.51. The van der Waals surface area contributed by atoms with Crippen LogP contribution in [0.15, 0.2) is 41.6 Å². The van der Waals surface area contributed by atoms with Gasteiger partial charge in [0.2, 0.25) is 5.91 Å². The molecule has 0 N–H and O–H groups in total. The zero-order valence-corrected chi connectivity index (χ0v) is 14.3. The molecule has 0 saturated heterocycles. The Labute approximate surface area is 144 Å². The van der Waals surface area contributed by atoms with E-state index in [1.807, 2.05) is 24.3 Å². The molecule has 0 aliphatic heterocycles. The fourth-order valence-corrected chi connectivity index (χ4v) is 2.62. The Bertz CT molecular complexity index is 976. The van der Waals surface area contributed by atoms with Gasteiger partial charge in [-0.1, -0.05) is 18.2 Å². The highest BCUT2D eigenvalue weighted by atomic mass is 16.5. The van der Waals surface area contributed by atoms with Crippen LogP contribution >= 0.6 is 0 Å². The van der Waals surface area contributed by atoms with Crippen LogP contribution in [0, 0.1) is 0 Å². The lowest BCUT2D eigenvalue weighted by atomic mass is 10.2. The molecule has 3 aromatic rings. The smallest absolute Gasteiger partial charge is 0.264 e. The Morgan fingerprint density at radius 3 is 2.84 bits per heavy atom. The van der Waals surface area contributed by atoms with E-state index in [0.717, 1.165) is 11.3 Å². The summed E-state index contributed by atoms with van der Waals surface area (Å²) in [7, 11) is 5.00. The van der Waals surface area contributed by atoms with E-state index in [9.17, 15) is 9.59 Å². The maximum Gasteiger partial charge on any atom is 0.264 e. The van der Waals surface area contributed by atoms with Crippen molar-refractivity contribution < 1.29 is 9.53 Å². The number of aryl methyl sites for hydroxylation is 1. The highest BCUT2D eigenvalue weighted by Crippen LogP contribution is 2.18. The van der Waals surface area contributed by atoms with Crippen molar-refractivity contribution in [3.05, 3.63) is 52.7 Å². The van der Waals surface area contributed by atoms with Crippen LogP contribution in [0.1, 0.15) is 5.56 Å². The van der Waals surface area contributed by atoms with Crippen LogP contribution in [0.5, 0.6) is 5.75 Å². The predicted octanol–water partition coefficient (Wildman–Crippen LogP) is 0.797. The summed E-state index contributed by atoms with van der Waals surface area (Å²) >= 11 is 0. The Balaban J connectivity index is 1.78. The lowest BCUT2D eigenvalue weighted by Gasteiger charge is -2.19. The molecule has 0 spiro atoms. The minimum absolute atomic E-state index is 0.0810. The van der Waals surface area contributed by atoms with Crippen LogP contribution in [0.4, 0.5) is 0 Å². The van der Waals surface area contributed by atoms with Crippen LogP contribution in [0.2, 0.25) is 0 Å². The summed E-state index contributed by atoms with van der Waals surface area (Å²) in [5, 5.41) is 4.41. The van der Waals surface area contributed by atoms with Crippen LogP contribution in [-0.4, -0.2) is 44.3 Å². The normalized spacial score (nSPS) is 10.8. The van der Waals surface area contributed by atoms with E-state index in [4.69, 9.17) is 4.74 Å². The molecule has 3 rings (SSSR count). The Morgan fingerprint density at radius 2 is 2.08 bits per heavy atom. The number of rotatable bonds is 5. The second kappa shape index (κ2) is 6.76. The average Bonchev–Trinajstić information content (AvgIpc) is 2.99. The van der Waals surface area contributed by atoms with Gasteiger partial charge in [-0.3, -0.25) is 18.8 Å². The molecule has 130 valence electrons. The number of methoxy groups -OCH3 is 1. The zero-order valence-electron chi connectivity index (χ0n) is 14.3. The molecule has 0 aliphatic rings. The lowest BCUT2D eigenvalue weighted by Crippen LogP contribution is -2.33. The SMILES string of the molecule is COc1ccccc1CN(C)C(=O)Cn1cnc2c(cnn2C)c1=O. The summed E-state index contributed by atoms with van der Waals surface area (Å²) in [6.45, 7) is 0.308. The third kappa shape index (κ3) is 3.23. The molecule has 0 saturated carbocycles. The largest absolute Gasteiger partial charge is 0.496 e. The first kappa shape index (κ1) is 16.7. The average molecular weight is 341 g/mol. The molecule has 1 amide bonds. The van der Waals surface area contributed by atoms with Gasteiger partial charge in [0.05, 0.1) is 13.3 Å². The summed E-state index contributed by atoms with van der Waals surface area (Å²) in [4.78, 5) is 30.7. The monoisotopic (exact) mass is 341 g/mol. The van der Waals surface area contributed by atoms with Gasteiger partial charge in [0, 0.05) is 26.2 Å². The fraction of sp³-hybridized carbons (Fsp3) is 0.294. The van der Waals surface area contributed by atoms with E-state index in [0.29, 0.717) is 17.6 Å². The number of carbonyl (C=O) groups excluding carboxylic acids is 1. The van der Waals surface area contributed by atoms with Crippen LogP contribution < -0.4 is 10.3 Å². The first-order valence-electron chi connectivity index (χ1n) is 7.74. The molecule has 0 atom stereocenters. The molecule has 0 aliphatic carbocycles. The quantitative estimate of drug-likeness (QED) is 0.685. The van der Waals surface area contributed by atoms with Crippen molar-refractivity contribution in [1.29, 1.82) is 0 Å². The maximum absolute atomic E-state index is 12.5. The van der Waals surface area contributed by atoms with E-state index in [1.54, 1.807) is 26.1 Å². The highest BCUT2D eigenvalue weighted by molar-refractivity contribution is 5.77. The molecule has 0 fully saturated rings. The van der Waals surface area contributed by atoms with Gasteiger partial charge in [-0.15, -0.1) is 0 Å². The first-order chi connectivity index (χ1) is 12.0. The number of aromatic nitrogens is 4. The Morgan fingerprint density at radius 1 is 1.32 bits per heavy atom. The molecule has 2 heterocycles. The predicted molar refractivity (Wildman–Crippen MR) is 92.2 cm³/mol. The third-order valence-corrected chi connectivity index (χ3v) is 4.05. The van der Waals surface area contributed by atoms with Gasteiger partial charge in [0.25, 0.3) is 5.56 Å². The molecule has 0 radical (unpaired) electrons.